The normalized spacial score (nSPS) is 22.1. The maximum absolute atomic E-state index is 12.9. The molecule has 4 rings (SSSR count). The van der Waals surface area contributed by atoms with E-state index >= 15 is 0 Å². The molecule has 2 atom stereocenters. The van der Waals surface area contributed by atoms with Crippen LogP contribution in [-0.4, -0.2) is 69.2 Å². The molecule has 2 aromatic rings. The van der Waals surface area contributed by atoms with Gasteiger partial charge in [-0.25, -0.2) is 19.4 Å². The molecule has 0 saturated carbocycles. The van der Waals surface area contributed by atoms with Gasteiger partial charge < -0.3 is 19.7 Å². The van der Waals surface area contributed by atoms with Crippen LogP contribution in [0.25, 0.3) is 5.82 Å². The smallest absolute Gasteiger partial charge is 0.322 e. The zero-order valence-electron chi connectivity index (χ0n) is 15.2. The summed E-state index contributed by atoms with van der Waals surface area (Å²) < 4.78 is 13.0. The molecule has 4 heterocycles. The molecule has 0 bridgehead atoms. The van der Waals surface area contributed by atoms with E-state index in [0.717, 1.165) is 38.9 Å². The van der Waals surface area contributed by atoms with Gasteiger partial charge in [0.1, 0.15) is 12.7 Å². The number of amides is 2. The summed E-state index contributed by atoms with van der Waals surface area (Å²) in [5.41, 5.74) is 0.633. The molecular weight excluding hydrogens is 348 g/mol. The number of pyridine rings is 1. The summed E-state index contributed by atoms with van der Waals surface area (Å²) in [6.45, 7) is 2.70. The summed E-state index contributed by atoms with van der Waals surface area (Å²) in [6, 6.07) is 3.43. The van der Waals surface area contributed by atoms with Gasteiger partial charge in [0.25, 0.3) is 0 Å². The molecule has 0 aliphatic carbocycles. The maximum atomic E-state index is 12.9. The number of aromatic nitrogens is 4. The van der Waals surface area contributed by atoms with E-state index in [1.54, 1.807) is 34.2 Å². The number of ether oxygens (including phenoxy) is 2. The van der Waals surface area contributed by atoms with Crippen LogP contribution in [-0.2, 0) is 9.47 Å². The molecule has 1 N–H and O–H groups in total. The van der Waals surface area contributed by atoms with Crippen LogP contribution in [0.4, 0.5) is 10.5 Å². The molecule has 2 amide bonds. The zero-order valence-corrected chi connectivity index (χ0v) is 15.2. The Hall–Kier alpha value is -2.52. The summed E-state index contributed by atoms with van der Waals surface area (Å²) >= 11 is 0. The average Bonchev–Trinajstić information content (AvgIpc) is 3.45. The minimum atomic E-state index is -0.156. The van der Waals surface area contributed by atoms with E-state index in [4.69, 9.17) is 9.47 Å². The van der Waals surface area contributed by atoms with E-state index < -0.39 is 0 Å². The number of urea groups is 1. The van der Waals surface area contributed by atoms with E-state index in [9.17, 15) is 4.79 Å². The first-order valence-corrected chi connectivity index (χ1v) is 9.38. The first kappa shape index (κ1) is 17.9. The highest BCUT2D eigenvalue weighted by Crippen LogP contribution is 2.18. The van der Waals surface area contributed by atoms with Crippen LogP contribution in [0.2, 0.25) is 0 Å². The molecule has 2 aliphatic heterocycles. The highest BCUT2D eigenvalue weighted by atomic mass is 16.5. The second kappa shape index (κ2) is 8.45. The van der Waals surface area contributed by atoms with Gasteiger partial charge in [-0.2, -0.15) is 5.10 Å². The summed E-state index contributed by atoms with van der Waals surface area (Å²) in [4.78, 5) is 22.9. The van der Waals surface area contributed by atoms with Crippen molar-refractivity contribution in [2.45, 2.75) is 37.9 Å². The number of hydrogen-bond acceptors (Lipinski definition) is 6. The first-order chi connectivity index (χ1) is 13.3. The highest BCUT2D eigenvalue weighted by Gasteiger charge is 2.27. The van der Waals surface area contributed by atoms with Crippen molar-refractivity contribution in [1.29, 1.82) is 0 Å². The van der Waals surface area contributed by atoms with Crippen molar-refractivity contribution in [2.24, 2.45) is 0 Å². The van der Waals surface area contributed by atoms with E-state index in [1.165, 1.54) is 6.33 Å². The molecule has 9 heteroatoms. The number of rotatable bonds is 6. The monoisotopic (exact) mass is 372 g/mol. The largest absolute Gasteiger partial charge is 0.376 e. The molecule has 0 radical (unpaired) electrons. The molecular formula is C18H24N6O3. The van der Waals surface area contributed by atoms with Gasteiger partial charge in [-0.3, -0.25) is 0 Å². The molecule has 2 aromatic heterocycles. The van der Waals surface area contributed by atoms with Gasteiger partial charge in [-0.1, -0.05) is 0 Å². The fraction of sp³-hybridized carbons (Fsp3) is 0.556. The van der Waals surface area contributed by atoms with E-state index in [0.29, 0.717) is 24.6 Å². The van der Waals surface area contributed by atoms with Crippen molar-refractivity contribution >= 4 is 11.7 Å². The SMILES string of the molecule is O=C(Nc1ccc(-n2cncn2)nc1)N(C[C@@H]1CCCO1)C[C@@H]1CCCO1. The van der Waals surface area contributed by atoms with Crippen molar-refractivity contribution in [3.05, 3.63) is 31.0 Å². The molecule has 0 spiro atoms. The van der Waals surface area contributed by atoms with Crippen LogP contribution in [0.1, 0.15) is 25.7 Å². The Kier molecular flexibility index (Phi) is 5.59. The van der Waals surface area contributed by atoms with Crippen molar-refractivity contribution in [1.82, 2.24) is 24.6 Å². The Morgan fingerprint density at radius 3 is 2.44 bits per heavy atom. The molecule has 0 aromatic carbocycles. The molecule has 144 valence electrons. The molecule has 2 aliphatic rings. The topological polar surface area (TPSA) is 94.4 Å². The average molecular weight is 372 g/mol. The van der Waals surface area contributed by atoms with E-state index in [2.05, 4.69) is 20.4 Å². The first-order valence-electron chi connectivity index (χ1n) is 9.38. The zero-order chi connectivity index (χ0) is 18.5. The standard InChI is InChI=1S/C18H24N6O3/c25-18(22-14-5-6-17(20-9-14)24-13-19-12-21-24)23(10-15-3-1-7-26-15)11-16-4-2-8-27-16/h5-6,9,12-13,15-16H,1-4,7-8,10-11H2,(H,22,25)/t15-,16-/m0/s1. The Morgan fingerprint density at radius 2 is 1.93 bits per heavy atom. The predicted molar refractivity (Wildman–Crippen MR) is 97.7 cm³/mol. The van der Waals surface area contributed by atoms with Gasteiger partial charge in [0, 0.05) is 26.3 Å². The Balaban J connectivity index is 1.40. The van der Waals surface area contributed by atoms with Gasteiger partial charge in [-0.05, 0) is 37.8 Å². The molecule has 2 saturated heterocycles. The van der Waals surface area contributed by atoms with Gasteiger partial charge in [0.2, 0.25) is 0 Å². The minimum Gasteiger partial charge on any atom is -0.376 e. The lowest BCUT2D eigenvalue weighted by Crippen LogP contribution is -2.44. The highest BCUT2D eigenvalue weighted by molar-refractivity contribution is 5.89. The second-order valence-electron chi connectivity index (χ2n) is 6.85. The summed E-state index contributed by atoms with van der Waals surface area (Å²) in [5, 5.41) is 6.97. The van der Waals surface area contributed by atoms with Crippen LogP contribution in [0.5, 0.6) is 0 Å². The van der Waals surface area contributed by atoms with E-state index in [1.807, 2.05) is 0 Å². The van der Waals surface area contributed by atoms with E-state index in [-0.39, 0.29) is 18.2 Å². The molecule has 9 nitrogen and oxygen atoms in total. The van der Waals surface area contributed by atoms with Crippen LogP contribution >= 0.6 is 0 Å². The summed E-state index contributed by atoms with van der Waals surface area (Å²) in [6.07, 6.45) is 8.92. The van der Waals surface area contributed by atoms with Gasteiger partial charge in [0.05, 0.1) is 24.1 Å². The van der Waals surface area contributed by atoms with Crippen LogP contribution < -0.4 is 5.32 Å². The number of anilines is 1. The lowest BCUT2D eigenvalue weighted by Gasteiger charge is -2.28. The quantitative estimate of drug-likeness (QED) is 0.832. The number of carbonyl (C=O) groups is 1. The fourth-order valence-corrected chi connectivity index (χ4v) is 3.43. The van der Waals surface area contributed by atoms with Crippen molar-refractivity contribution in [3.63, 3.8) is 0 Å². The molecule has 2 fully saturated rings. The maximum Gasteiger partial charge on any atom is 0.322 e. The Bertz CT molecular complexity index is 706. The molecule has 27 heavy (non-hydrogen) atoms. The summed E-state index contributed by atoms with van der Waals surface area (Å²) in [5.74, 6) is 0.640. The summed E-state index contributed by atoms with van der Waals surface area (Å²) in [7, 11) is 0. The van der Waals surface area contributed by atoms with Crippen LogP contribution in [0, 0.1) is 0 Å². The van der Waals surface area contributed by atoms with Crippen molar-refractivity contribution < 1.29 is 14.3 Å². The van der Waals surface area contributed by atoms with Gasteiger partial charge in [-0.15, -0.1) is 0 Å². The van der Waals surface area contributed by atoms with Gasteiger partial charge in [0.15, 0.2) is 5.82 Å². The lowest BCUT2D eigenvalue weighted by atomic mass is 10.2. The second-order valence-corrected chi connectivity index (χ2v) is 6.85. The number of nitrogens with zero attached hydrogens (tertiary/aromatic N) is 5. The molecule has 0 unspecified atom stereocenters. The third kappa shape index (κ3) is 4.61. The fourth-order valence-electron chi connectivity index (χ4n) is 3.43. The third-order valence-corrected chi connectivity index (χ3v) is 4.84. The predicted octanol–water partition coefficient (Wildman–Crippen LogP) is 1.85. The Labute approximate surface area is 157 Å². The minimum absolute atomic E-state index is 0.102. The van der Waals surface area contributed by atoms with Crippen LogP contribution in [0.15, 0.2) is 31.0 Å². The number of nitrogens with one attached hydrogen (secondary N) is 1. The number of carbonyl (C=O) groups excluding carboxylic acids is 1. The van der Waals surface area contributed by atoms with Gasteiger partial charge >= 0.3 is 6.03 Å². The van der Waals surface area contributed by atoms with Crippen molar-refractivity contribution in [2.75, 3.05) is 31.6 Å². The lowest BCUT2D eigenvalue weighted by molar-refractivity contribution is 0.0524. The van der Waals surface area contributed by atoms with Crippen LogP contribution in [0.3, 0.4) is 0 Å². The number of hydrogen-bond donors (Lipinski definition) is 1. The Morgan fingerprint density at radius 1 is 1.19 bits per heavy atom. The third-order valence-electron chi connectivity index (χ3n) is 4.84. The van der Waals surface area contributed by atoms with Crippen molar-refractivity contribution in [3.8, 4) is 5.82 Å².